The van der Waals surface area contributed by atoms with Gasteiger partial charge in [-0.05, 0) is 59.4 Å². The van der Waals surface area contributed by atoms with Gasteiger partial charge >= 0.3 is 0 Å². The summed E-state index contributed by atoms with van der Waals surface area (Å²) >= 11 is 0. The van der Waals surface area contributed by atoms with Crippen LogP contribution in [0.4, 0.5) is 0 Å². The molecule has 0 aromatic heterocycles. The van der Waals surface area contributed by atoms with Crippen molar-refractivity contribution in [2.75, 3.05) is 0 Å². The van der Waals surface area contributed by atoms with E-state index in [0.29, 0.717) is 0 Å². The number of fused-ring (bicyclic) bond motifs is 2. The van der Waals surface area contributed by atoms with Crippen LogP contribution in [0.3, 0.4) is 0 Å². The predicted molar refractivity (Wildman–Crippen MR) is 139 cm³/mol. The molecule has 4 heteroatoms. The Bertz CT molecular complexity index is 1350. The Morgan fingerprint density at radius 3 is 2.12 bits per heavy atom. The van der Waals surface area contributed by atoms with Gasteiger partial charge in [-0.3, -0.25) is 10.1 Å². The number of aryl methyl sites for hydroxylation is 2. The van der Waals surface area contributed by atoms with Crippen molar-refractivity contribution in [3.63, 3.8) is 0 Å². The normalized spacial score (nSPS) is 19.3. The Morgan fingerprint density at radius 1 is 0.794 bits per heavy atom. The topological polar surface area (TPSA) is 61.4 Å². The van der Waals surface area contributed by atoms with Gasteiger partial charge in [-0.1, -0.05) is 85.6 Å². The molecule has 3 atom stereocenters. The van der Waals surface area contributed by atoms with Crippen molar-refractivity contribution in [3.8, 4) is 0 Å². The fourth-order valence-electron chi connectivity index (χ4n) is 5.48. The van der Waals surface area contributed by atoms with Gasteiger partial charge in [0.15, 0.2) is 0 Å². The summed E-state index contributed by atoms with van der Waals surface area (Å²) in [5, 5.41) is 22.3. The Kier molecular flexibility index (Phi) is 6.36. The van der Waals surface area contributed by atoms with Crippen LogP contribution in [0.2, 0.25) is 0 Å². The Labute approximate surface area is 201 Å². The first-order valence-electron chi connectivity index (χ1n) is 12.2. The minimum Gasteiger partial charge on any atom is -0.374 e. The monoisotopic (exact) mass is 452 g/mol. The van der Waals surface area contributed by atoms with Gasteiger partial charge in [-0.15, -0.1) is 0 Å². The van der Waals surface area contributed by atoms with Crippen molar-refractivity contribution in [2.24, 2.45) is 0 Å². The zero-order valence-corrected chi connectivity index (χ0v) is 19.8. The molecule has 4 aromatic rings. The lowest BCUT2D eigenvalue weighted by molar-refractivity contribution is 0.0840. The molecule has 4 nitrogen and oxygen atoms in total. The second-order valence-electron chi connectivity index (χ2n) is 9.54. The van der Waals surface area contributed by atoms with Crippen molar-refractivity contribution >= 4 is 27.5 Å². The summed E-state index contributed by atoms with van der Waals surface area (Å²) in [4.78, 5) is 13.5. The smallest absolute Gasteiger partial charge is 0.252 e. The first-order chi connectivity index (χ1) is 16.5. The van der Waals surface area contributed by atoms with Crippen LogP contribution in [0.25, 0.3) is 21.5 Å². The van der Waals surface area contributed by atoms with Crippen molar-refractivity contribution in [1.82, 2.24) is 10.6 Å². The van der Waals surface area contributed by atoms with E-state index in [4.69, 9.17) is 0 Å². The minimum atomic E-state index is -0.798. The maximum Gasteiger partial charge on any atom is 0.252 e. The number of benzene rings is 4. The minimum absolute atomic E-state index is 0.00125. The molecule has 0 bridgehead atoms. The lowest BCUT2D eigenvalue weighted by Crippen LogP contribution is -2.52. The zero-order valence-electron chi connectivity index (χ0n) is 19.8. The van der Waals surface area contributed by atoms with E-state index in [1.54, 1.807) is 0 Å². The zero-order chi connectivity index (χ0) is 23.7. The molecule has 0 aliphatic heterocycles. The molecule has 0 heterocycles. The first kappa shape index (κ1) is 22.6. The van der Waals surface area contributed by atoms with E-state index < -0.39 is 6.23 Å². The van der Waals surface area contributed by atoms with Crippen LogP contribution in [-0.2, 0) is 0 Å². The molecule has 174 valence electrons. The number of hydrogen-bond acceptors (Lipinski definition) is 3. The van der Waals surface area contributed by atoms with E-state index in [2.05, 4.69) is 41.0 Å². The fourth-order valence-corrected chi connectivity index (χ4v) is 5.48. The molecule has 4 aromatic carbocycles. The molecule has 1 aliphatic carbocycles. The van der Waals surface area contributed by atoms with Gasteiger partial charge in [0.1, 0.15) is 6.23 Å². The predicted octanol–water partition coefficient (Wildman–Crippen LogP) is 5.93. The Balaban J connectivity index is 1.39. The lowest BCUT2D eigenvalue weighted by Gasteiger charge is -2.35. The van der Waals surface area contributed by atoms with Crippen LogP contribution >= 0.6 is 0 Å². The molecule has 3 N–H and O–H groups in total. The summed E-state index contributed by atoms with van der Waals surface area (Å²) in [5.41, 5.74) is 3.69. The highest BCUT2D eigenvalue weighted by molar-refractivity contribution is 6.08. The molecule has 1 fully saturated rings. The lowest BCUT2D eigenvalue weighted by atomic mass is 9.88. The molecular weight excluding hydrogens is 420 g/mol. The van der Waals surface area contributed by atoms with Crippen LogP contribution in [0.1, 0.15) is 59.0 Å². The van der Waals surface area contributed by atoms with Gasteiger partial charge in [0.25, 0.3) is 5.91 Å². The van der Waals surface area contributed by atoms with E-state index >= 15 is 0 Å². The van der Waals surface area contributed by atoms with Crippen LogP contribution < -0.4 is 10.6 Å². The maximum atomic E-state index is 13.5. The highest BCUT2D eigenvalue weighted by Crippen LogP contribution is 2.29. The standard InChI is InChI=1S/C30H32N2O2/c1-19-15-17-21-9-3-5-11-23(21)27(19)29(33)31-25-13-7-8-14-26(25)32-30(34)28-20(2)16-18-22-10-4-6-12-24(22)28/h3-6,9-12,15-18,25-26,29,31,33H,7-8,13-14H2,1-2H3,(H,32,34). The number of aliphatic hydroxyl groups excluding tert-OH is 1. The highest BCUT2D eigenvalue weighted by Gasteiger charge is 2.30. The number of hydrogen-bond donors (Lipinski definition) is 3. The average molecular weight is 453 g/mol. The molecular formula is C30H32N2O2. The summed E-state index contributed by atoms with van der Waals surface area (Å²) in [6, 6.07) is 24.4. The van der Waals surface area contributed by atoms with Crippen molar-refractivity contribution in [3.05, 3.63) is 95.1 Å². The average Bonchev–Trinajstić information content (AvgIpc) is 2.85. The molecule has 34 heavy (non-hydrogen) atoms. The molecule has 5 rings (SSSR count). The molecule has 0 saturated heterocycles. The summed E-state index contributed by atoms with van der Waals surface area (Å²) in [5.74, 6) is -0.0381. The number of carbonyl (C=O) groups is 1. The SMILES string of the molecule is Cc1ccc2ccccc2c1C(=O)NC1CCCCC1NC(O)c1c(C)ccc2ccccc12. The van der Waals surface area contributed by atoms with E-state index in [-0.39, 0.29) is 18.0 Å². The van der Waals surface area contributed by atoms with E-state index in [0.717, 1.165) is 69.5 Å². The number of aliphatic hydroxyl groups is 1. The van der Waals surface area contributed by atoms with Gasteiger partial charge < -0.3 is 10.4 Å². The summed E-state index contributed by atoms with van der Waals surface area (Å²) < 4.78 is 0. The second-order valence-corrected chi connectivity index (χ2v) is 9.54. The second kappa shape index (κ2) is 9.57. The van der Waals surface area contributed by atoms with E-state index in [1.165, 1.54) is 0 Å². The first-order valence-corrected chi connectivity index (χ1v) is 12.2. The number of rotatable bonds is 5. The summed E-state index contributed by atoms with van der Waals surface area (Å²) in [6.07, 6.45) is 3.17. The third-order valence-electron chi connectivity index (χ3n) is 7.28. The largest absolute Gasteiger partial charge is 0.374 e. The van der Waals surface area contributed by atoms with E-state index in [1.807, 2.05) is 56.3 Å². The van der Waals surface area contributed by atoms with Gasteiger partial charge in [-0.25, -0.2) is 0 Å². The molecule has 1 aliphatic rings. The van der Waals surface area contributed by atoms with Crippen LogP contribution in [0, 0.1) is 13.8 Å². The molecule has 1 amide bonds. The summed E-state index contributed by atoms with van der Waals surface area (Å²) in [6.45, 7) is 4.03. The van der Waals surface area contributed by atoms with Crippen molar-refractivity contribution < 1.29 is 9.90 Å². The molecule has 0 spiro atoms. The fraction of sp³-hybridized carbons (Fsp3) is 0.300. The van der Waals surface area contributed by atoms with Crippen molar-refractivity contribution in [2.45, 2.75) is 57.8 Å². The molecule has 1 saturated carbocycles. The molecule has 0 radical (unpaired) electrons. The quantitative estimate of drug-likeness (QED) is 0.329. The van der Waals surface area contributed by atoms with Gasteiger partial charge in [-0.2, -0.15) is 0 Å². The third kappa shape index (κ3) is 4.31. The van der Waals surface area contributed by atoms with Crippen molar-refractivity contribution in [1.29, 1.82) is 0 Å². The number of amides is 1. The van der Waals surface area contributed by atoms with Gasteiger partial charge in [0.05, 0.1) is 5.56 Å². The van der Waals surface area contributed by atoms with E-state index in [9.17, 15) is 9.90 Å². The van der Waals surface area contributed by atoms with Gasteiger partial charge in [0.2, 0.25) is 0 Å². The van der Waals surface area contributed by atoms with Crippen LogP contribution in [-0.4, -0.2) is 23.1 Å². The Hall–Kier alpha value is -3.21. The van der Waals surface area contributed by atoms with Gasteiger partial charge in [0, 0.05) is 17.6 Å². The number of nitrogens with one attached hydrogen (secondary N) is 2. The third-order valence-corrected chi connectivity index (χ3v) is 7.28. The highest BCUT2D eigenvalue weighted by atomic mass is 16.3. The van der Waals surface area contributed by atoms with Crippen LogP contribution in [0.5, 0.6) is 0 Å². The Morgan fingerprint density at radius 2 is 1.38 bits per heavy atom. The molecule has 3 unspecified atom stereocenters. The summed E-state index contributed by atoms with van der Waals surface area (Å²) in [7, 11) is 0. The number of carbonyl (C=O) groups excluding carboxylic acids is 1. The maximum absolute atomic E-state index is 13.5. The van der Waals surface area contributed by atoms with Crippen LogP contribution in [0.15, 0.2) is 72.8 Å².